The van der Waals surface area contributed by atoms with Crippen LogP contribution in [0.25, 0.3) is 6.08 Å². The zero-order valence-electron chi connectivity index (χ0n) is 21.4. The Morgan fingerprint density at radius 3 is 2.43 bits per heavy atom. The number of benzene rings is 3. The average Bonchev–Trinajstić information content (AvgIpc) is 3.19. The van der Waals surface area contributed by atoms with Crippen LogP contribution in [-0.2, 0) is 22.4 Å². The molecule has 3 aromatic carbocycles. The standard InChI is InChI=1S/C27H19BrF3N3O7S/c1-40-22-8-4-17(27(29,30)31)12-20(22)32-24(35)13-33-25(36)23(42-26(33)37)11-16-10-18(28)5-9-21(16)41-14-15-2-6-19(7-3-15)34(38)39/h2-12H,13-14H2,1H3,(H,32,35)/b23-11-. The summed E-state index contributed by atoms with van der Waals surface area (Å²) in [7, 11) is 1.21. The minimum atomic E-state index is -4.67. The molecule has 1 aliphatic heterocycles. The molecule has 218 valence electrons. The lowest BCUT2D eigenvalue weighted by Gasteiger charge is -2.16. The highest BCUT2D eigenvalue weighted by atomic mass is 79.9. The molecule has 0 radical (unpaired) electrons. The van der Waals surface area contributed by atoms with Crippen LogP contribution < -0.4 is 14.8 Å². The summed E-state index contributed by atoms with van der Waals surface area (Å²) in [6.07, 6.45) is -3.26. The molecule has 0 aromatic heterocycles. The summed E-state index contributed by atoms with van der Waals surface area (Å²) in [4.78, 5) is 49.3. The third-order valence-electron chi connectivity index (χ3n) is 5.78. The minimum Gasteiger partial charge on any atom is -0.495 e. The van der Waals surface area contributed by atoms with Gasteiger partial charge in [-0.2, -0.15) is 13.2 Å². The van der Waals surface area contributed by atoms with E-state index in [0.717, 1.165) is 12.1 Å². The topological polar surface area (TPSA) is 128 Å². The van der Waals surface area contributed by atoms with Crippen molar-refractivity contribution >= 4 is 62.2 Å². The number of hydrogen-bond acceptors (Lipinski definition) is 8. The number of imide groups is 1. The number of amides is 3. The number of anilines is 1. The van der Waals surface area contributed by atoms with Crippen LogP contribution in [-0.4, -0.2) is 40.5 Å². The number of nitro benzene ring substituents is 1. The lowest BCUT2D eigenvalue weighted by molar-refractivity contribution is -0.384. The second-order valence-corrected chi connectivity index (χ2v) is 10.5. The molecule has 0 spiro atoms. The largest absolute Gasteiger partial charge is 0.495 e. The second kappa shape index (κ2) is 12.7. The first-order chi connectivity index (χ1) is 19.8. The first-order valence-corrected chi connectivity index (χ1v) is 13.4. The van der Waals surface area contributed by atoms with Gasteiger partial charge in [0.25, 0.3) is 16.8 Å². The maximum absolute atomic E-state index is 13.1. The molecule has 1 heterocycles. The summed E-state index contributed by atoms with van der Waals surface area (Å²) in [6, 6.07) is 13.3. The van der Waals surface area contributed by atoms with Crippen molar-refractivity contribution in [1.29, 1.82) is 0 Å². The molecule has 15 heteroatoms. The number of alkyl halides is 3. The van der Waals surface area contributed by atoms with Gasteiger partial charge in [-0.15, -0.1) is 0 Å². The summed E-state index contributed by atoms with van der Waals surface area (Å²) in [6.45, 7) is -0.690. The van der Waals surface area contributed by atoms with Crippen molar-refractivity contribution in [3.8, 4) is 11.5 Å². The van der Waals surface area contributed by atoms with Gasteiger partial charge in [0.1, 0.15) is 24.7 Å². The molecule has 0 bridgehead atoms. The van der Waals surface area contributed by atoms with Gasteiger partial charge in [0.05, 0.1) is 28.2 Å². The van der Waals surface area contributed by atoms with Gasteiger partial charge in [-0.05, 0) is 71.9 Å². The summed E-state index contributed by atoms with van der Waals surface area (Å²) >= 11 is 3.93. The van der Waals surface area contributed by atoms with Gasteiger partial charge >= 0.3 is 6.18 Å². The second-order valence-electron chi connectivity index (χ2n) is 8.62. The van der Waals surface area contributed by atoms with Gasteiger partial charge in [0.2, 0.25) is 5.91 Å². The Morgan fingerprint density at radius 1 is 1.10 bits per heavy atom. The van der Waals surface area contributed by atoms with E-state index in [0.29, 0.717) is 44.1 Å². The Balaban J connectivity index is 1.48. The predicted octanol–water partition coefficient (Wildman–Crippen LogP) is 6.64. The molecule has 4 rings (SSSR count). The summed E-state index contributed by atoms with van der Waals surface area (Å²) in [5.74, 6) is -1.39. The quantitative estimate of drug-likeness (QED) is 0.153. The van der Waals surface area contributed by atoms with E-state index in [2.05, 4.69) is 21.2 Å². The van der Waals surface area contributed by atoms with Crippen molar-refractivity contribution in [1.82, 2.24) is 4.90 Å². The molecule has 0 aliphatic carbocycles. The van der Waals surface area contributed by atoms with Crippen LogP contribution in [0.5, 0.6) is 11.5 Å². The molecule has 3 aromatic rings. The number of nitrogens with one attached hydrogen (secondary N) is 1. The Morgan fingerprint density at radius 2 is 1.79 bits per heavy atom. The Hall–Kier alpha value is -4.37. The Labute approximate surface area is 248 Å². The molecule has 3 amide bonds. The number of carbonyl (C=O) groups excluding carboxylic acids is 3. The van der Waals surface area contributed by atoms with Crippen molar-refractivity contribution in [2.45, 2.75) is 12.8 Å². The maximum Gasteiger partial charge on any atom is 0.416 e. The van der Waals surface area contributed by atoms with E-state index < -0.39 is 40.3 Å². The van der Waals surface area contributed by atoms with Gasteiger partial charge in [0, 0.05) is 22.2 Å². The van der Waals surface area contributed by atoms with Gasteiger partial charge in [0.15, 0.2) is 0 Å². The van der Waals surface area contributed by atoms with E-state index in [1.807, 2.05) is 0 Å². The first-order valence-electron chi connectivity index (χ1n) is 11.8. The third-order valence-corrected chi connectivity index (χ3v) is 7.18. The average molecular weight is 666 g/mol. The normalized spacial score (nSPS) is 14.3. The fourth-order valence-corrected chi connectivity index (χ4v) is 4.94. The molecule has 1 saturated heterocycles. The fraction of sp³-hybridized carbons (Fsp3) is 0.148. The van der Waals surface area contributed by atoms with Crippen LogP contribution >= 0.6 is 27.7 Å². The van der Waals surface area contributed by atoms with Crippen molar-refractivity contribution < 1.29 is 42.0 Å². The summed E-state index contributed by atoms with van der Waals surface area (Å²) < 4.78 is 50.9. The van der Waals surface area contributed by atoms with Crippen LogP contribution in [0.2, 0.25) is 0 Å². The number of carbonyl (C=O) groups is 3. The first kappa shape index (κ1) is 30.6. The summed E-state index contributed by atoms with van der Waals surface area (Å²) in [5.41, 5.74) is -0.285. The molecule has 0 saturated carbocycles. The number of methoxy groups -OCH3 is 1. The molecule has 1 fully saturated rings. The van der Waals surface area contributed by atoms with Gasteiger partial charge < -0.3 is 14.8 Å². The third kappa shape index (κ3) is 7.28. The van der Waals surface area contributed by atoms with E-state index >= 15 is 0 Å². The van der Waals surface area contributed by atoms with Crippen LogP contribution in [0, 0.1) is 10.1 Å². The molecule has 1 N–H and O–H groups in total. The van der Waals surface area contributed by atoms with Gasteiger partial charge in [-0.25, -0.2) is 0 Å². The minimum absolute atomic E-state index is 0.0114. The van der Waals surface area contributed by atoms with Crippen LogP contribution in [0.15, 0.2) is 70.0 Å². The fourth-order valence-electron chi connectivity index (χ4n) is 3.73. The van der Waals surface area contributed by atoms with E-state index in [1.54, 1.807) is 30.3 Å². The number of ether oxygens (including phenoxy) is 2. The van der Waals surface area contributed by atoms with Crippen molar-refractivity contribution in [2.75, 3.05) is 19.0 Å². The van der Waals surface area contributed by atoms with Crippen LogP contribution in [0.1, 0.15) is 16.7 Å². The molecular weight excluding hydrogens is 647 g/mol. The molecule has 1 aliphatic rings. The van der Waals surface area contributed by atoms with Crippen LogP contribution in [0.4, 0.5) is 29.3 Å². The highest BCUT2D eigenvalue weighted by Crippen LogP contribution is 2.37. The monoisotopic (exact) mass is 665 g/mol. The molecule has 10 nitrogen and oxygen atoms in total. The van der Waals surface area contributed by atoms with Gasteiger partial charge in [-0.3, -0.25) is 29.4 Å². The number of hydrogen-bond donors (Lipinski definition) is 1. The van der Waals surface area contributed by atoms with Gasteiger partial charge in [-0.1, -0.05) is 15.9 Å². The lowest BCUT2D eigenvalue weighted by Crippen LogP contribution is -2.36. The van der Waals surface area contributed by atoms with E-state index in [1.165, 1.54) is 25.3 Å². The SMILES string of the molecule is COc1ccc(C(F)(F)F)cc1NC(=O)CN1C(=O)S/C(=C\c2cc(Br)ccc2OCc2ccc([N+](=O)[O-])cc2)C1=O. The van der Waals surface area contributed by atoms with E-state index in [9.17, 15) is 37.7 Å². The van der Waals surface area contributed by atoms with E-state index in [-0.39, 0.29) is 28.6 Å². The molecule has 0 atom stereocenters. The van der Waals surface area contributed by atoms with Crippen molar-refractivity contribution in [3.63, 3.8) is 0 Å². The highest BCUT2D eigenvalue weighted by molar-refractivity contribution is 9.10. The number of halogens is 4. The molecule has 42 heavy (non-hydrogen) atoms. The zero-order chi connectivity index (χ0) is 30.6. The number of rotatable bonds is 9. The number of thioether (sulfide) groups is 1. The van der Waals surface area contributed by atoms with Crippen molar-refractivity contribution in [2.24, 2.45) is 0 Å². The Bertz CT molecular complexity index is 1600. The lowest BCUT2D eigenvalue weighted by atomic mass is 10.1. The number of non-ortho nitro benzene ring substituents is 1. The number of nitro groups is 1. The maximum atomic E-state index is 13.1. The summed E-state index contributed by atoms with van der Waals surface area (Å²) in [5, 5.41) is 12.4. The molecular formula is C27H19BrF3N3O7S. The highest BCUT2D eigenvalue weighted by Gasteiger charge is 2.37. The number of nitrogens with zero attached hydrogens (tertiary/aromatic N) is 2. The van der Waals surface area contributed by atoms with E-state index in [4.69, 9.17) is 9.47 Å². The molecule has 0 unspecified atom stereocenters. The zero-order valence-corrected chi connectivity index (χ0v) is 23.8. The predicted molar refractivity (Wildman–Crippen MR) is 151 cm³/mol. The smallest absolute Gasteiger partial charge is 0.416 e. The van der Waals surface area contributed by atoms with Crippen LogP contribution in [0.3, 0.4) is 0 Å². The Kier molecular flexibility index (Phi) is 9.21. The van der Waals surface area contributed by atoms with Crippen molar-refractivity contribution in [3.05, 3.63) is 96.8 Å².